The van der Waals surface area contributed by atoms with Gasteiger partial charge in [0.1, 0.15) is 6.54 Å². The third-order valence-electron chi connectivity index (χ3n) is 3.39. The van der Waals surface area contributed by atoms with Crippen LogP contribution in [0.4, 0.5) is 11.4 Å². The lowest BCUT2D eigenvalue weighted by molar-refractivity contribution is -0.122. The summed E-state index contributed by atoms with van der Waals surface area (Å²) in [5.41, 5.74) is 2.49. The summed E-state index contributed by atoms with van der Waals surface area (Å²) in [7, 11) is 0. The summed E-state index contributed by atoms with van der Waals surface area (Å²) < 4.78 is 1.74. The molecule has 0 spiro atoms. The van der Waals surface area contributed by atoms with E-state index < -0.39 is 0 Å². The zero-order valence-corrected chi connectivity index (χ0v) is 11.7. The van der Waals surface area contributed by atoms with Crippen LogP contribution in [0.15, 0.2) is 36.7 Å². The van der Waals surface area contributed by atoms with Crippen molar-refractivity contribution in [3.8, 4) is 0 Å². The van der Waals surface area contributed by atoms with Gasteiger partial charge in [-0.05, 0) is 24.6 Å². The number of aromatic nitrogens is 2. The first-order valence-corrected chi connectivity index (χ1v) is 6.82. The average molecular weight is 284 g/mol. The van der Waals surface area contributed by atoms with Crippen LogP contribution in [0.3, 0.4) is 0 Å². The summed E-state index contributed by atoms with van der Waals surface area (Å²) in [5, 5.41) is 6.93. The number of hydrogen-bond donors (Lipinski definition) is 1. The molecule has 0 radical (unpaired) electrons. The number of carbonyl (C=O) groups excluding carboxylic acids is 2. The fraction of sp³-hybridized carbons (Fsp3) is 0.267. The van der Waals surface area contributed by atoms with E-state index in [1.807, 2.05) is 31.3 Å². The van der Waals surface area contributed by atoms with Gasteiger partial charge in [0.05, 0.1) is 17.6 Å². The highest BCUT2D eigenvalue weighted by Gasteiger charge is 2.26. The molecule has 6 heteroatoms. The molecule has 1 aliphatic heterocycles. The van der Waals surface area contributed by atoms with Crippen molar-refractivity contribution in [2.45, 2.75) is 19.9 Å². The molecule has 2 amide bonds. The van der Waals surface area contributed by atoms with Crippen LogP contribution in [0.5, 0.6) is 0 Å². The van der Waals surface area contributed by atoms with E-state index in [1.54, 1.807) is 16.9 Å². The Bertz CT molecular complexity index is 692. The molecular weight excluding hydrogens is 268 g/mol. The van der Waals surface area contributed by atoms with Crippen LogP contribution in [0.1, 0.15) is 12.0 Å². The van der Waals surface area contributed by atoms with E-state index in [1.165, 1.54) is 4.90 Å². The zero-order chi connectivity index (χ0) is 14.8. The lowest BCUT2D eigenvalue weighted by Gasteiger charge is -2.29. The number of carbonyl (C=O) groups is 2. The molecule has 3 rings (SSSR count). The van der Waals surface area contributed by atoms with E-state index in [2.05, 4.69) is 10.4 Å². The molecule has 0 bridgehead atoms. The van der Waals surface area contributed by atoms with Gasteiger partial charge in [-0.3, -0.25) is 14.3 Å². The molecule has 0 aliphatic carbocycles. The lowest BCUT2D eigenvalue weighted by Crippen LogP contribution is -2.42. The van der Waals surface area contributed by atoms with E-state index in [0.29, 0.717) is 18.7 Å². The number of fused-ring (bicyclic) bond motifs is 1. The topological polar surface area (TPSA) is 67.2 Å². The number of rotatable bonds is 3. The summed E-state index contributed by atoms with van der Waals surface area (Å²) in [4.78, 5) is 25.6. The number of benzene rings is 1. The normalized spacial score (nSPS) is 13.8. The van der Waals surface area contributed by atoms with Crippen LogP contribution in [-0.4, -0.2) is 28.1 Å². The van der Waals surface area contributed by atoms with E-state index in [-0.39, 0.29) is 18.4 Å². The van der Waals surface area contributed by atoms with Crippen LogP contribution in [0.25, 0.3) is 0 Å². The van der Waals surface area contributed by atoms with Gasteiger partial charge in [-0.1, -0.05) is 12.1 Å². The molecule has 1 aromatic heterocycles. The second-order valence-corrected chi connectivity index (χ2v) is 5.08. The fourth-order valence-corrected chi connectivity index (χ4v) is 2.39. The molecule has 0 saturated heterocycles. The van der Waals surface area contributed by atoms with Crippen molar-refractivity contribution >= 4 is 23.2 Å². The van der Waals surface area contributed by atoms with E-state index >= 15 is 0 Å². The Morgan fingerprint density at radius 3 is 2.95 bits per heavy atom. The molecule has 1 aromatic carbocycles. The quantitative estimate of drug-likeness (QED) is 0.930. The van der Waals surface area contributed by atoms with Crippen LogP contribution >= 0.6 is 0 Å². The highest BCUT2D eigenvalue weighted by molar-refractivity contribution is 6.09. The lowest BCUT2D eigenvalue weighted by atomic mass is 10.2. The molecule has 21 heavy (non-hydrogen) atoms. The van der Waals surface area contributed by atoms with Crippen molar-refractivity contribution in [2.24, 2.45) is 0 Å². The van der Waals surface area contributed by atoms with E-state index in [9.17, 15) is 9.59 Å². The Morgan fingerprint density at radius 2 is 2.19 bits per heavy atom. The van der Waals surface area contributed by atoms with Gasteiger partial charge in [0, 0.05) is 19.2 Å². The van der Waals surface area contributed by atoms with Gasteiger partial charge in [0.25, 0.3) is 0 Å². The molecule has 2 heterocycles. The van der Waals surface area contributed by atoms with Crippen molar-refractivity contribution in [1.29, 1.82) is 0 Å². The van der Waals surface area contributed by atoms with Crippen LogP contribution in [-0.2, 0) is 16.1 Å². The number of hydrogen-bond acceptors (Lipinski definition) is 3. The van der Waals surface area contributed by atoms with Gasteiger partial charge in [-0.15, -0.1) is 0 Å². The predicted octanol–water partition coefficient (Wildman–Crippen LogP) is 1.57. The van der Waals surface area contributed by atoms with Gasteiger partial charge in [-0.2, -0.15) is 5.10 Å². The summed E-state index contributed by atoms with van der Waals surface area (Å²) in [6.45, 7) is 2.53. The van der Waals surface area contributed by atoms with Crippen molar-refractivity contribution < 1.29 is 9.59 Å². The average Bonchev–Trinajstić information content (AvgIpc) is 2.89. The standard InChI is InChI=1S/C15H16N4O2/c1-11-8-16-18(9-11)7-6-15(21)19-10-14(20)17-12-4-2-3-5-13(12)19/h2-5,8-9H,6-7,10H2,1H3,(H,17,20). The van der Waals surface area contributed by atoms with Crippen molar-refractivity contribution in [2.75, 3.05) is 16.8 Å². The maximum Gasteiger partial charge on any atom is 0.244 e. The minimum atomic E-state index is -0.169. The monoisotopic (exact) mass is 284 g/mol. The van der Waals surface area contributed by atoms with Crippen molar-refractivity contribution in [1.82, 2.24) is 9.78 Å². The molecular formula is C15H16N4O2. The Labute approximate surface area is 122 Å². The molecule has 1 aliphatic rings. The second kappa shape index (κ2) is 5.40. The molecule has 0 saturated carbocycles. The minimum Gasteiger partial charge on any atom is -0.323 e. The summed E-state index contributed by atoms with van der Waals surface area (Å²) in [5.74, 6) is -0.248. The third kappa shape index (κ3) is 2.79. The number of nitrogens with one attached hydrogen (secondary N) is 1. The first-order chi connectivity index (χ1) is 10.1. The zero-order valence-electron chi connectivity index (χ0n) is 11.7. The Balaban J connectivity index is 1.74. The number of aryl methyl sites for hydroxylation is 2. The maximum absolute atomic E-state index is 12.4. The summed E-state index contributed by atoms with van der Waals surface area (Å²) >= 11 is 0. The molecule has 1 N–H and O–H groups in total. The van der Waals surface area contributed by atoms with Gasteiger partial charge in [-0.25, -0.2) is 0 Å². The molecule has 0 unspecified atom stereocenters. The SMILES string of the molecule is Cc1cnn(CCC(=O)N2CC(=O)Nc3ccccc32)c1. The first kappa shape index (κ1) is 13.4. The van der Waals surface area contributed by atoms with Crippen LogP contribution < -0.4 is 10.2 Å². The van der Waals surface area contributed by atoms with Gasteiger partial charge >= 0.3 is 0 Å². The molecule has 2 aromatic rings. The summed E-state index contributed by atoms with van der Waals surface area (Å²) in [6, 6.07) is 7.32. The van der Waals surface area contributed by atoms with Crippen molar-refractivity contribution in [3.63, 3.8) is 0 Å². The van der Waals surface area contributed by atoms with E-state index in [4.69, 9.17) is 0 Å². The smallest absolute Gasteiger partial charge is 0.244 e. The number of nitrogens with zero attached hydrogens (tertiary/aromatic N) is 3. The molecule has 0 atom stereocenters. The highest BCUT2D eigenvalue weighted by Crippen LogP contribution is 2.29. The van der Waals surface area contributed by atoms with Crippen molar-refractivity contribution in [3.05, 3.63) is 42.2 Å². The fourth-order valence-electron chi connectivity index (χ4n) is 2.39. The number of para-hydroxylation sites is 2. The van der Waals surface area contributed by atoms with Crippen LogP contribution in [0.2, 0.25) is 0 Å². The Morgan fingerprint density at radius 1 is 1.38 bits per heavy atom. The molecule has 108 valence electrons. The van der Waals surface area contributed by atoms with Crippen LogP contribution in [0, 0.1) is 6.92 Å². The summed E-state index contributed by atoms with van der Waals surface area (Å²) in [6.07, 6.45) is 3.96. The second-order valence-electron chi connectivity index (χ2n) is 5.08. The van der Waals surface area contributed by atoms with Gasteiger partial charge in [0.15, 0.2) is 0 Å². The minimum absolute atomic E-state index is 0.0635. The highest BCUT2D eigenvalue weighted by atomic mass is 16.2. The number of anilines is 2. The van der Waals surface area contributed by atoms with Gasteiger partial charge in [0.2, 0.25) is 11.8 Å². The number of amides is 2. The predicted molar refractivity (Wildman–Crippen MR) is 79.0 cm³/mol. The Kier molecular flexibility index (Phi) is 3.43. The molecule has 0 fully saturated rings. The third-order valence-corrected chi connectivity index (χ3v) is 3.39. The first-order valence-electron chi connectivity index (χ1n) is 6.82. The van der Waals surface area contributed by atoms with Gasteiger partial charge < -0.3 is 10.2 Å². The largest absolute Gasteiger partial charge is 0.323 e. The Hall–Kier alpha value is -2.63. The maximum atomic E-state index is 12.4. The van der Waals surface area contributed by atoms with E-state index in [0.717, 1.165) is 11.3 Å². The molecule has 6 nitrogen and oxygen atoms in total.